The topological polar surface area (TPSA) is 63.5 Å². The third kappa shape index (κ3) is 7.29. The van der Waals surface area contributed by atoms with Gasteiger partial charge in [0.2, 0.25) is 0 Å². The molecule has 2 aromatic carbocycles. The average molecular weight is 445 g/mol. The molecule has 2 aromatic rings. The Kier molecular flexibility index (Phi) is 9.02. The molecule has 2 unspecified atom stereocenters. The summed E-state index contributed by atoms with van der Waals surface area (Å²) in [6, 6.07) is 14.4. The lowest BCUT2D eigenvalue weighted by Gasteiger charge is -2.27. The Morgan fingerprint density at radius 2 is 2.00 bits per heavy atom. The third-order valence-corrected chi connectivity index (χ3v) is 5.15. The van der Waals surface area contributed by atoms with Crippen molar-refractivity contribution in [3.63, 3.8) is 0 Å². The highest BCUT2D eigenvalue weighted by atomic mass is 19.1. The number of benzene rings is 2. The van der Waals surface area contributed by atoms with Gasteiger partial charge < -0.3 is 19.4 Å². The van der Waals surface area contributed by atoms with E-state index in [1.807, 2.05) is 24.3 Å². The molecule has 7 heteroatoms. The lowest BCUT2D eigenvalue weighted by molar-refractivity contribution is -0.00735. The van der Waals surface area contributed by atoms with Gasteiger partial charge in [-0.3, -0.25) is 4.90 Å². The summed E-state index contributed by atoms with van der Waals surface area (Å²) in [5.41, 5.74) is 2.14. The smallest absolute Gasteiger partial charge is 0.145 e. The van der Waals surface area contributed by atoms with Crippen LogP contribution in [0.2, 0.25) is 0 Å². The highest BCUT2D eigenvalue weighted by Crippen LogP contribution is 2.21. The predicted molar refractivity (Wildman–Crippen MR) is 122 cm³/mol. The first kappa shape index (κ1) is 24.2. The third-order valence-electron chi connectivity index (χ3n) is 5.15. The van der Waals surface area contributed by atoms with Crippen molar-refractivity contribution in [2.45, 2.75) is 39.0 Å². The van der Waals surface area contributed by atoms with E-state index in [0.717, 1.165) is 11.3 Å². The molecule has 3 rings (SSSR count). The van der Waals surface area contributed by atoms with Gasteiger partial charge in [0.05, 0.1) is 25.5 Å². The predicted octanol–water partition coefficient (Wildman–Crippen LogP) is 3.86. The van der Waals surface area contributed by atoms with Crippen LogP contribution in [0.5, 0.6) is 5.75 Å². The average Bonchev–Trinajstić information content (AvgIpc) is 3.22. The molecule has 0 aliphatic carbocycles. The Morgan fingerprint density at radius 1 is 1.19 bits per heavy atom. The first-order valence-corrected chi connectivity index (χ1v) is 11.0. The fraction of sp³-hybridized carbons (Fsp3) is 0.480. The maximum Gasteiger partial charge on any atom is 0.145 e. The summed E-state index contributed by atoms with van der Waals surface area (Å²) in [7, 11) is 1.64. The number of methoxy groups -OCH3 is 1. The summed E-state index contributed by atoms with van der Waals surface area (Å²) in [4.78, 5) is 7.74. The van der Waals surface area contributed by atoms with Crippen LogP contribution < -0.4 is 4.74 Å². The number of hydrogen-bond donors (Lipinski definition) is 1. The molecule has 6 nitrogen and oxygen atoms in total. The molecule has 32 heavy (non-hydrogen) atoms. The highest BCUT2D eigenvalue weighted by molar-refractivity contribution is 6.01. The normalized spacial score (nSPS) is 16.8. The first-order valence-electron chi connectivity index (χ1n) is 11.0. The van der Waals surface area contributed by atoms with Crippen molar-refractivity contribution in [1.29, 1.82) is 0 Å². The molecule has 1 heterocycles. The molecule has 0 aromatic heterocycles. The Labute approximate surface area is 189 Å². The van der Waals surface area contributed by atoms with E-state index in [4.69, 9.17) is 14.3 Å². The minimum Gasteiger partial charge on any atom is -0.497 e. The van der Waals surface area contributed by atoms with E-state index in [1.54, 1.807) is 25.3 Å². The van der Waals surface area contributed by atoms with Crippen molar-refractivity contribution in [2.24, 2.45) is 11.1 Å². The van der Waals surface area contributed by atoms with Gasteiger partial charge in [-0.1, -0.05) is 49.3 Å². The zero-order chi connectivity index (χ0) is 22.9. The van der Waals surface area contributed by atoms with E-state index >= 15 is 0 Å². The molecule has 0 bridgehead atoms. The Balaban J connectivity index is 1.63. The molecule has 0 amide bonds. The zero-order valence-electron chi connectivity index (χ0n) is 19.0. The van der Waals surface area contributed by atoms with Crippen LogP contribution in [0, 0.1) is 11.7 Å². The molecule has 1 N–H and O–H groups in total. The molecule has 174 valence electrons. The second kappa shape index (κ2) is 11.9. The van der Waals surface area contributed by atoms with Crippen molar-refractivity contribution in [2.75, 3.05) is 33.4 Å². The van der Waals surface area contributed by atoms with Crippen molar-refractivity contribution >= 4 is 5.71 Å². The van der Waals surface area contributed by atoms with Gasteiger partial charge in [0.25, 0.3) is 0 Å². The van der Waals surface area contributed by atoms with Crippen molar-refractivity contribution in [3.05, 3.63) is 65.5 Å². The summed E-state index contributed by atoms with van der Waals surface area (Å²) in [6.07, 6.45) is -0.345. The zero-order valence-corrected chi connectivity index (χ0v) is 19.0. The maximum atomic E-state index is 14.1. The number of oxime groups is 1. The van der Waals surface area contributed by atoms with E-state index in [0.29, 0.717) is 49.9 Å². The number of ether oxygens (including phenoxy) is 2. The van der Waals surface area contributed by atoms with Crippen molar-refractivity contribution < 1.29 is 23.8 Å². The Hall–Kier alpha value is -2.48. The molecule has 0 radical (unpaired) electrons. The van der Waals surface area contributed by atoms with Crippen LogP contribution in [-0.2, 0) is 16.1 Å². The number of nitrogens with zero attached hydrogens (tertiary/aromatic N) is 2. The summed E-state index contributed by atoms with van der Waals surface area (Å²) in [6.45, 7) is 6.60. The molecule has 0 saturated heterocycles. The lowest BCUT2D eigenvalue weighted by Crippen LogP contribution is -2.39. The van der Waals surface area contributed by atoms with E-state index in [-0.39, 0.29) is 18.5 Å². The molecule has 0 saturated carbocycles. The summed E-state index contributed by atoms with van der Waals surface area (Å²) in [5.74, 6) is 0.892. The summed E-state index contributed by atoms with van der Waals surface area (Å²) >= 11 is 0. The molecule has 0 fully saturated rings. The van der Waals surface area contributed by atoms with E-state index < -0.39 is 6.10 Å². The first-order chi connectivity index (χ1) is 15.4. The van der Waals surface area contributed by atoms with Gasteiger partial charge in [-0.05, 0) is 29.7 Å². The standard InChI is InChI=1S/C25H33FN2O4/c1-18(2)16-31-17-20(29)14-28(13-19-7-6-8-21(11-19)30-3)15-22-12-25(27-32-22)23-9-4-5-10-24(23)26/h4-11,18,20,22,29H,12-17H2,1-3H3. The molecule has 0 spiro atoms. The van der Waals surface area contributed by atoms with Crippen LogP contribution in [0.25, 0.3) is 0 Å². The maximum absolute atomic E-state index is 14.1. The highest BCUT2D eigenvalue weighted by Gasteiger charge is 2.27. The van der Waals surface area contributed by atoms with Gasteiger partial charge in [-0.25, -0.2) is 4.39 Å². The minimum atomic E-state index is -0.632. The van der Waals surface area contributed by atoms with Gasteiger partial charge in [0, 0.05) is 38.2 Å². The molecular weight excluding hydrogens is 411 g/mol. The van der Waals surface area contributed by atoms with E-state index in [9.17, 15) is 9.50 Å². The largest absolute Gasteiger partial charge is 0.497 e. The van der Waals surface area contributed by atoms with Gasteiger partial charge in [0.15, 0.2) is 0 Å². The van der Waals surface area contributed by atoms with Gasteiger partial charge in [-0.2, -0.15) is 0 Å². The van der Waals surface area contributed by atoms with Crippen LogP contribution in [0.4, 0.5) is 4.39 Å². The number of rotatable bonds is 12. The molecular formula is C25H33FN2O4. The summed E-state index contributed by atoms with van der Waals surface area (Å²) in [5, 5.41) is 14.7. The number of aliphatic hydroxyl groups excluding tert-OH is 1. The number of hydrogen-bond acceptors (Lipinski definition) is 6. The van der Waals surface area contributed by atoms with Crippen LogP contribution in [0.1, 0.15) is 31.4 Å². The van der Waals surface area contributed by atoms with E-state index in [1.165, 1.54) is 6.07 Å². The Bertz CT molecular complexity index is 890. The second-order valence-corrected chi connectivity index (χ2v) is 8.58. The summed E-state index contributed by atoms with van der Waals surface area (Å²) < 4.78 is 25.1. The van der Waals surface area contributed by atoms with Crippen LogP contribution in [-0.4, -0.2) is 61.3 Å². The fourth-order valence-electron chi connectivity index (χ4n) is 3.69. The number of halogens is 1. The van der Waals surface area contributed by atoms with Crippen LogP contribution in [0.15, 0.2) is 53.7 Å². The fourth-order valence-corrected chi connectivity index (χ4v) is 3.69. The molecule has 2 atom stereocenters. The lowest BCUT2D eigenvalue weighted by atomic mass is 10.0. The minimum absolute atomic E-state index is 0.223. The molecule has 1 aliphatic rings. The van der Waals surface area contributed by atoms with Crippen molar-refractivity contribution in [1.82, 2.24) is 4.90 Å². The van der Waals surface area contributed by atoms with Crippen LogP contribution in [0.3, 0.4) is 0 Å². The van der Waals surface area contributed by atoms with Gasteiger partial charge in [0.1, 0.15) is 17.7 Å². The second-order valence-electron chi connectivity index (χ2n) is 8.58. The Morgan fingerprint density at radius 3 is 2.75 bits per heavy atom. The van der Waals surface area contributed by atoms with Gasteiger partial charge in [-0.15, -0.1) is 0 Å². The van der Waals surface area contributed by atoms with Crippen LogP contribution >= 0.6 is 0 Å². The quantitative estimate of drug-likeness (QED) is 0.539. The van der Waals surface area contributed by atoms with Crippen molar-refractivity contribution in [3.8, 4) is 5.75 Å². The van der Waals surface area contributed by atoms with Gasteiger partial charge >= 0.3 is 0 Å². The van der Waals surface area contributed by atoms with E-state index in [2.05, 4.69) is 23.9 Å². The molecule has 1 aliphatic heterocycles. The number of aliphatic hydroxyl groups is 1. The SMILES string of the molecule is COc1cccc(CN(CC(O)COCC(C)C)CC2CC(c3ccccc3F)=NO2)c1. The monoisotopic (exact) mass is 444 g/mol.